The van der Waals surface area contributed by atoms with Crippen molar-refractivity contribution in [3.8, 4) is 41.4 Å². The summed E-state index contributed by atoms with van der Waals surface area (Å²) in [6, 6.07) is 24.3. The zero-order chi connectivity index (χ0) is 96.0. The Balaban J connectivity index is 0.000000262. The van der Waals surface area contributed by atoms with Crippen LogP contribution in [-0.2, 0) is 61.6 Å². The first-order chi connectivity index (χ1) is 59.5. The lowest BCUT2D eigenvalue weighted by Gasteiger charge is -2.15. The summed E-state index contributed by atoms with van der Waals surface area (Å²) < 4.78 is 227. The number of alkyl halides is 9. The van der Waals surface area contributed by atoms with E-state index in [2.05, 4.69) is 28.4 Å². The summed E-state index contributed by atoms with van der Waals surface area (Å²) in [6.07, 6.45) is -7.68. The number of hydrogen-bond donors (Lipinski definition) is 5. The summed E-state index contributed by atoms with van der Waals surface area (Å²) in [5.41, 5.74) is -1.12. The lowest BCUT2D eigenvalue weighted by atomic mass is 10.00. The number of esters is 2. The number of ketones is 4. The smallest absolute Gasteiger partial charge is 0.416 e. The molecule has 2 heterocycles. The van der Waals surface area contributed by atoms with Crippen molar-refractivity contribution in [3.05, 3.63) is 275 Å². The molecule has 2 atom stereocenters. The number of nitrogens with one attached hydrogen (secondary N) is 2. The van der Waals surface area contributed by atoms with Gasteiger partial charge in [-0.25, -0.2) is 31.1 Å². The van der Waals surface area contributed by atoms with Crippen molar-refractivity contribution < 1.29 is 148 Å². The molecule has 2 amide bonds. The van der Waals surface area contributed by atoms with Gasteiger partial charge in [-0.15, -0.1) is 6.42 Å². The fraction of sp³-hybridized carbons (Fsp3) is 0.227. The number of carbonyl (C=O) groups excluding carboxylic acids is 8. The Morgan fingerprint density at radius 1 is 0.484 bits per heavy atom. The zero-order valence-corrected chi connectivity index (χ0v) is 73.5. The highest BCUT2D eigenvalue weighted by Crippen LogP contribution is 2.38. The minimum atomic E-state index is -4.89. The summed E-state index contributed by atoms with van der Waals surface area (Å²) in [4.78, 5) is 116. The molecule has 0 aliphatic carbocycles. The molecule has 11 rings (SSSR count). The second-order valence-corrected chi connectivity index (χ2v) is 31.2. The van der Waals surface area contributed by atoms with Crippen LogP contribution in [0, 0.1) is 87.0 Å². The van der Waals surface area contributed by atoms with E-state index < -0.39 is 153 Å². The first-order valence-corrected chi connectivity index (χ1v) is 39.8. The molecular formula is C88H67Cl3F15I2N3O17. The van der Waals surface area contributed by atoms with Gasteiger partial charge >= 0.3 is 42.4 Å². The number of carboxylic acids is 2. The third kappa shape index (κ3) is 31.5. The van der Waals surface area contributed by atoms with E-state index in [4.69, 9.17) is 80.9 Å². The Hall–Kier alpha value is -11.9. The first-order valence-electron chi connectivity index (χ1n) is 36.5. The van der Waals surface area contributed by atoms with Crippen LogP contribution in [0.25, 0.3) is 0 Å². The quantitative estimate of drug-likeness (QED) is 0.0118. The van der Waals surface area contributed by atoms with Crippen LogP contribution in [0.4, 0.5) is 82.9 Å². The molecule has 6 N–H and O–H groups in total. The molecule has 676 valence electrons. The number of nitrogens with two attached hydrogens (primary N) is 1. The number of anilines is 3. The number of nitrogen functional groups attached to an aromatic ring is 1. The van der Waals surface area contributed by atoms with E-state index in [0.29, 0.717) is 74.1 Å². The number of benzene rings is 9. The Morgan fingerprint density at radius 3 is 1.16 bits per heavy atom. The van der Waals surface area contributed by atoms with Gasteiger partial charge in [0.25, 0.3) is 11.8 Å². The lowest BCUT2D eigenvalue weighted by molar-refractivity contribution is -0.144. The Kier molecular flexibility index (Phi) is 37.4. The van der Waals surface area contributed by atoms with E-state index in [1.54, 1.807) is 32.9 Å². The number of aliphatic carboxylic acids is 2. The first kappa shape index (κ1) is 105. The minimum Gasteiger partial charge on any atom is -0.483 e. The molecule has 9 aromatic carbocycles. The topological polar surface area (TPSA) is 307 Å². The van der Waals surface area contributed by atoms with Crippen molar-refractivity contribution >= 4 is 156 Å². The minimum absolute atomic E-state index is 0.0290. The molecular weight excluding hydrogens is 2020 g/mol. The van der Waals surface area contributed by atoms with Crippen LogP contribution in [0.3, 0.4) is 0 Å². The Labute approximate surface area is 760 Å². The van der Waals surface area contributed by atoms with Crippen LogP contribution < -0.4 is 30.6 Å². The zero-order valence-electron chi connectivity index (χ0n) is 67.0. The number of cyclic esters (lactones) is 2. The molecule has 2 fully saturated rings. The summed E-state index contributed by atoms with van der Waals surface area (Å²) in [7, 11) is 0. The van der Waals surface area contributed by atoms with Gasteiger partial charge in [-0.3, -0.25) is 38.4 Å². The number of Topliss-reactive ketones (excluding diaryl/α,β-unsaturated/α-hetero) is 1. The number of hydrogen-bond acceptors (Lipinski definition) is 16. The maximum Gasteiger partial charge on any atom is 0.416 e. The fourth-order valence-corrected chi connectivity index (χ4v) is 12.5. The average Bonchev–Trinajstić information content (AvgIpc) is 0.885. The largest absolute Gasteiger partial charge is 0.483 e. The second-order valence-electron chi connectivity index (χ2n) is 27.6. The van der Waals surface area contributed by atoms with Crippen LogP contribution in [-0.4, -0.2) is 100 Å². The predicted molar refractivity (Wildman–Crippen MR) is 454 cm³/mol. The van der Waals surface area contributed by atoms with Gasteiger partial charge < -0.3 is 55.1 Å². The fourth-order valence-electron chi connectivity index (χ4n) is 10.8. The Morgan fingerprint density at radius 2 is 0.836 bits per heavy atom. The molecule has 2 saturated heterocycles. The van der Waals surface area contributed by atoms with E-state index in [1.165, 1.54) is 81.4 Å². The molecule has 128 heavy (non-hydrogen) atoms. The van der Waals surface area contributed by atoms with E-state index in [9.17, 15) is 114 Å². The molecule has 40 heteroatoms. The number of carbonyl (C=O) groups is 10. The van der Waals surface area contributed by atoms with E-state index in [0.717, 1.165) is 18.2 Å². The number of carboxylic acid groups (broad SMARTS) is 2. The number of rotatable bonds is 20. The Bertz CT molecular complexity index is 5860. The van der Waals surface area contributed by atoms with Gasteiger partial charge in [-0.1, -0.05) is 52.6 Å². The molecule has 0 spiro atoms. The molecule has 9 aromatic rings. The lowest BCUT2D eigenvalue weighted by Crippen LogP contribution is -2.22. The molecule has 0 bridgehead atoms. The van der Waals surface area contributed by atoms with Crippen molar-refractivity contribution in [1.29, 1.82) is 0 Å². The number of ether oxygens (including phenoxy) is 5. The highest BCUT2D eigenvalue weighted by atomic mass is 127. The van der Waals surface area contributed by atoms with Crippen LogP contribution >= 0.6 is 80.0 Å². The number of halogens is 20. The van der Waals surface area contributed by atoms with Crippen molar-refractivity contribution in [2.24, 2.45) is 0 Å². The molecule has 2 aliphatic rings. The molecule has 0 aromatic heterocycles. The summed E-state index contributed by atoms with van der Waals surface area (Å²) >= 11 is 21.4. The maximum absolute atomic E-state index is 15.0. The van der Waals surface area contributed by atoms with Gasteiger partial charge in [0.1, 0.15) is 57.9 Å². The predicted octanol–water partition coefficient (Wildman–Crippen LogP) is 21.1. The molecule has 2 unspecified atom stereocenters. The summed E-state index contributed by atoms with van der Waals surface area (Å²) in [6.45, 7) is 7.27. The van der Waals surface area contributed by atoms with Gasteiger partial charge in [-0.2, -0.15) is 39.5 Å². The van der Waals surface area contributed by atoms with Gasteiger partial charge in [0.15, 0.2) is 48.4 Å². The molecule has 2 aliphatic heterocycles. The van der Waals surface area contributed by atoms with Gasteiger partial charge in [0.05, 0.1) is 58.2 Å². The van der Waals surface area contributed by atoms with Crippen molar-refractivity contribution in [2.45, 2.75) is 110 Å². The van der Waals surface area contributed by atoms with Crippen molar-refractivity contribution in [1.82, 2.24) is 0 Å². The standard InChI is InChI=1S/C30H21ClF5NO5.C23H14ClF5INO3.C16H9ClF4O4.C7H7FIN.C7H8O2.C5H8O3/c1-16-23(5-3-17(27(16)33)7-9-29(2)10-8-26(39)42-29)37-25(38)15-41-24-6-4-20(31)14-22(24)28(40)18-11-19(30(34,35)36)13-21(32)12-18;1-11-18(4-3-17(30)21(11)26)31-20(32)10-34-19-5-2-14(24)9-16(19)22(33)12-6-13(23(27,28)29)8-15(25)7-12;17-10-1-2-13(25-7-14(22)23)12(6-10)15(24)8-3-9(16(19,20)21)5-11(18)4-8;1-4-6(10)3-2-5(9)7(4)8;1-3-7(2)5-4-6(8)9-7;1-4(6)2-3-5(7)8/h3-6,11-14H,8,10,15H2,1-2H3,(H,37,38);2-9H,10H2,1H3,(H,31,32);1-6H,7H2,(H,22,23);2-3H,10H2,1H3;1H,4-5H2,2H3;2-3H2,1H3,(H,7,8). The second kappa shape index (κ2) is 45.7. The van der Waals surface area contributed by atoms with E-state index in [-0.39, 0.29) is 138 Å². The van der Waals surface area contributed by atoms with Crippen LogP contribution in [0.1, 0.15) is 146 Å². The van der Waals surface area contributed by atoms with Crippen molar-refractivity contribution in [2.75, 3.05) is 36.2 Å². The third-order valence-electron chi connectivity index (χ3n) is 17.5. The van der Waals surface area contributed by atoms with Gasteiger partial charge in [0.2, 0.25) is 0 Å². The number of amides is 2. The molecule has 0 saturated carbocycles. The van der Waals surface area contributed by atoms with E-state index in [1.807, 2.05) is 45.2 Å². The highest BCUT2D eigenvalue weighted by molar-refractivity contribution is 14.1. The maximum atomic E-state index is 15.0. The van der Waals surface area contributed by atoms with E-state index >= 15 is 0 Å². The average molecular weight is 2080 g/mol. The van der Waals surface area contributed by atoms with Gasteiger partial charge in [0, 0.05) is 91.9 Å². The molecule has 20 nitrogen and oxygen atoms in total. The summed E-state index contributed by atoms with van der Waals surface area (Å²) in [5.74, 6) is -5.18. The van der Waals surface area contributed by atoms with Gasteiger partial charge in [-0.05, 0) is 232 Å². The monoisotopic (exact) mass is 2080 g/mol. The normalized spacial score (nSPS) is 14.2. The SMILES string of the molecule is C#CC1(C)CCC(=O)O1.CC(=O)CCC(=O)O.Cc1c(N)ccc(I)c1F.Cc1c(NC(=O)COc2ccc(Cl)cc2C(=O)c2cc(F)cc(C(F)(F)F)c2)ccc(C#CC2(C)CCC(=O)O2)c1F.Cc1c(NC(=O)COc2ccc(Cl)cc2C(=O)c2cc(F)cc(C(F)(F)F)c2)ccc(I)c1F.O=C(O)COc1ccc(Cl)cc1C(=O)c1cc(F)cc(C(F)(F)F)c1. The van der Waals surface area contributed by atoms with Crippen LogP contribution in [0.15, 0.2) is 146 Å². The molecule has 0 radical (unpaired) electrons. The summed E-state index contributed by atoms with van der Waals surface area (Å²) in [5, 5.41) is 21.8. The highest BCUT2D eigenvalue weighted by Gasteiger charge is 2.38. The van der Waals surface area contributed by atoms with Crippen LogP contribution in [0.2, 0.25) is 15.1 Å². The third-order valence-corrected chi connectivity index (χ3v) is 19.9. The van der Waals surface area contributed by atoms with Crippen molar-refractivity contribution in [3.63, 3.8) is 0 Å². The number of terminal acetylenes is 1. The van der Waals surface area contributed by atoms with Crippen LogP contribution in [0.5, 0.6) is 17.2 Å².